The highest BCUT2D eigenvalue weighted by atomic mass is 79.9. The van der Waals surface area contributed by atoms with Crippen molar-refractivity contribution in [2.24, 2.45) is 0 Å². The minimum atomic E-state index is -0.598. The van der Waals surface area contributed by atoms with Crippen molar-refractivity contribution >= 4 is 15.9 Å². The molecule has 0 spiro atoms. The number of aryl methyl sites for hydroxylation is 1. The molecule has 0 saturated carbocycles. The molecule has 2 aromatic carbocycles. The monoisotopic (exact) mass is 336 g/mol. The number of rotatable bonds is 1. The molecule has 2 aromatic rings. The van der Waals surface area contributed by atoms with Crippen molar-refractivity contribution in [2.45, 2.75) is 25.6 Å². The number of fused-ring (bicyclic) bond motifs is 1. The van der Waals surface area contributed by atoms with Crippen LogP contribution < -0.4 is 4.74 Å². The van der Waals surface area contributed by atoms with Gasteiger partial charge in [-0.1, -0.05) is 27.6 Å². The van der Waals surface area contributed by atoms with Crippen molar-refractivity contribution in [3.8, 4) is 5.75 Å². The van der Waals surface area contributed by atoms with E-state index in [1.54, 1.807) is 6.07 Å². The van der Waals surface area contributed by atoms with Crippen LogP contribution in [0, 0.1) is 12.7 Å². The fraction of sp³-hybridized carbons (Fsp3) is 0.250. The summed E-state index contributed by atoms with van der Waals surface area (Å²) in [6, 6.07) is 10.2. The topological polar surface area (TPSA) is 29.5 Å². The summed E-state index contributed by atoms with van der Waals surface area (Å²) in [6.07, 6.45) is -0.539. The molecule has 20 heavy (non-hydrogen) atoms. The van der Waals surface area contributed by atoms with Crippen LogP contribution in [0.4, 0.5) is 4.39 Å². The Labute approximate surface area is 125 Å². The summed E-state index contributed by atoms with van der Waals surface area (Å²) >= 11 is 3.41. The molecule has 0 aliphatic carbocycles. The van der Waals surface area contributed by atoms with E-state index in [4.69, 9.17) is 4.74 Å². The van der Waals surface area contributed by atoms with Gasteiger partial charge in [0.25, 0.3) is 0 Å². The first-order valence-electron chi connectivity index (χ1n) is 6.45. The molecule has 0 fully saturated rings. The molecule has 4 heteroatoms. The van der Waals surface area contributed by atoms with Gasteiger partial charge in [0.05, 0.1) is 6.10 Å². The van der Waals surface area contributed by atoms with Gasteiger partial charge in [-0.3, -0.25) is 0 Å². The van der Waals surface area contributed by atoms with Crippen LogP contribution in [0.3, 0.4) is 0 Å². The van der Waals surface area contributed by atoms with Crippen molar-refractivity contribution in [3.05, 3.63) is 63.4 Å². The van der Waals surface area contributed by atoms with Gasteiger partial charge in [-0.2, -0.15) is 0 Å². The first-order chi connectivity index (χ1) is 9.54. The lowest BCUT2D eigenvalue weighted by Gasteiger charge is -2.30. The SMILES string of the molecule is Cc1ccc2c(c1)[C@@H](O)CC(c1cc(F)ccc1Br)O2. The zero-order chi connectivity index (χ0) is 14.3. The van der Waals surface area contributed by atoms with E-state index in [9.17, 15) is 9.50 Å². The van der Waals surface area contributed by atoms with Gasteiger partial charge in [-0.05, 0) is 37.3 Å². The average Bonchev–Trinajstić information content (AvgIpc) is 2.42. The quantitative estimate of drug-likeness (QED) is 0.833. The molecule has 0 bridgehead atoms. The molecule has 0 saturated heterocycles. The van der Waals surface area contributed by atoms with Crippen molar-refractivity contribution in [3.63, 3.8) is 0 Å². The maximum Gasteiger partial charge on any atom is 0.128 e. The summed E-state index contributed by atoms with van der Waals surface area (Å²) in [7, 11) is 0. The van der Waals surface area contributed by atoms with Crippen molar-refractivity contribution in [2.75, 3.05) is 0 Å². The number of aliphatic hydroxyl groups is 1. The summed E-state index contributed by atoms with van der Waals surface area (Å²) in [4.78, 5) is 0. The van der Waals surface area contributed by atoms with Gasteiger partial charge >= 0.3 is 0 Å². The van der Waals surface area contributed by atoms with Crippen LogP contribution in [0.25, 0.3) is 0 Å². The van der Waals surface area contributed by atoms with E-state index in [2.05, 4.69) is 15.9 Å². The van der Waals surface area contributed by atoms with Gasteiger partial charge in [-0.25, -0.2) is 4.39 Å². The maximum absolute atomic E-state index is 13.4. The molecule has 3 rings (SSSR count). The molecule has 0 aromatic heterocycles. The summed E-state index contributed by atoms with van der Waals surface area (Å²) in [6.45, 7) is 1.97. The largest absolute Gasteiger partial charge is 0.485 e. The molecule has 104 valence electrons. The van der Waals surface area contributed by atoms with Crippen LogP contribution in [-0.4, -0.2) is 5.11 Å². The standard InChI is InChI=1S/C16H14BrFO2/c1-9-2-5-15-12(6-9)14(19)8-16(20-15)11-7-10(18)3-4-13(11)17/h2-7,14,16,19H,8H2,1H3/t14-,16?/m0/s1. The second-order valence-electron chi connectivity index (χ2n) is 5.07. The Morgan fingerprint density at radius 3 is 2.80 bits per heavy atom. The molecular formula is C16H14BrFO2. The Morgan fingerprint density at radius 2 is 2.00 bits per heavy atom. The molecule has 0 radical (unpaired) electrons. The Bertz CT molecular complexity index is 657. The summed E-state index contributed by atoms with van der Waals surface area (Å²) < 4.78 is 20.1. The molecule has 1 unspecified atom stereocenters. The Balaban J connectivity index is 1.99. The highest BCUT2D eigenvalue weighted by molar-refractivity contribution is 9.10. The van der Waals surface area contributed by atoms with Gasteiger partial charge in [0.2, 0.25) is 0 Å². The summed E-state index contributed by atoms with van der Waals surface area (Å²) in [5.74, 6) is 0.353. The fourth-order valence-electron chi connectivity index (χ4n) is 2.52. The van der Waals surface area contributed by atoms with E-state index < -0.39 is 6.10 Å². The highest BCUT2D eigenvalue weighted by Gasteiger charge is 2.29. The minimum Gasteiger partial charge on any atom is -0.485 e. The van der Waals surface area contributed by atoms with Crippen LogP contribution in [0.15, 0.2) is 40.9 Å². The number of aliphatic hydroxyl groups excluding tert-OH is 1. The Hall–Kier alpha value is -1.39. The van der Waals surface area contributed by atoms with Gasteiger partial charge in [-0.15, -0.1) is 0 Å². The van der Waals surface area contributed by atoms with Gasteiger partial charge < -0.3 is 9.84 Å². The lowest BCUT2D eigenvalue weighted by molar-refractivity contribution is 0.0652. The first kappa shape index (κ1) is 13.6. The van der Waals surface area contributed by atoms with Crippen LogP contribution in [0.2, 0.25) is 0 Å². The number of hydrogen-bond donors (Lipinski definition) is 1. The van der Waals surface area contributed by atoms with Crippen LogP contribution >= 0.6 is 15.9 Å². The molecule has 1 N–H and O–H groups in total. The molecule has 1 heterocycles. The molecule has 0 amide bonds. The van der Waals surface area contributed by atoms with E-state index in [1.165, 1.54) is 12.1 Å². The fourth-order valence-corrected chi connectivity index (χ4v) is 3.02. The second kappa shape index (κ2) is 5.19. The summed E-state index contributed by atoms with van der Waals surface area (Å²) in [5.41, 5.74) is 2.60. The zero-order valence-electron chi connectivity index (χ0n) is 10.9. The normalized spacial score (nSPS) is 21.2. The van der Waals surface area contributed by atoms with E-state index >= 15 is 0 Å². The third kappa shape index (κ3) is 2.45. The van der Waals surface area contributed by atoms with Gasteiger partial charge in [0.15, 0.2) is 0 Å². The van der Waals surface area contributed by atoms with E-state index in [0.29, 0.717) is 12.2 Å². The lowest BCUT2D eigenvalue weighted by atomic mass is 9.94. The second-order valence-corrected chi connectivity index (χ2v) is 5.92. The van der Waals surface area contributed by atoms with E-state index in [0.717, 1.165) is 21.2 Å². The maximum atomic E-state index is 13.4. The molecular weight excluding hydrogens is 323 g/mol. The van der Waals surface area contributed by atoms with Gasteiger partial charge in [0.1, 0.15) is 17.7 Å². The Morgan fingerprint density at radius 1 is 1.20 bits per heavy atom. The number of ether oxygens (including phenoxy) is 1. The molecule has 1 aliphatic heterocycles. The molecule has 2 nitrogen and oxygen atoms in total. The predicted octanol–water partition coefficient (Wildman–Crippen LogP) is 4.45. The van der Waals surface area contributed by atoms with Gasteiger partial charge in [0, 0.05) is 22.0 Å². The highest BCUT2D eigenvalue weighted by Crippen LogP contribution is 2.42. The molecule has 2 atom stereocenters. The average molecular weight is 337 g/mol. The van der Waals surface area contributed by atoms with E-state index in [1.807, 2.05) is 25.1 Å². The number of halogens is 2. The van der Waals surface area contributed by atoms with Crippen LogP contribution in [0.1, 0.15) is 35.3 Å². The minimum absolute atomic E-state index is 0.309. The predicted molar refractivity (Wildman–Crippen MR) is 78.2 cm³/mol. The molecule has 1 aliphatic rings. The Kier molecular flexibility index (Phi) is 3.52. The van der Waals surface area contributed by atoms with E-state index in [-0.39, 0.29) is 11.9 Å². The van der Waals surface area contributed by atoms with Crippen molar-refractivity contribution < 1.29 is 14.2 Å². The summed E-state index contributed by atoms with van der Waals surface area (Å²) in [5, 5.41) is 10.3. The van der Waals surface area contributed by atoms with Crippen molar-refractivity contribution in [1.82, 2.24) is 0 Å². The first-order valence-corrected chi connectivity index (χ1v) is 7.24. The third-order valence-corrected chi connectivity index (χ3v) is 4.26. The lowest BCUT2D eigenvalue weighted by Crippen LogP contribution is -2.19. The third-order valence-electron chi connectivity index (χ3n) is 3.54. The van der Waals surface area contributed by atoms with Crippen molar-refractivity contribution in [1.29, 1.82) is 0 Å². The zero-order valence-corrected chi connectivity index (χ0v) is 12.5. The number of benzene rings is 2. The van der Waals surface area contributed by atoms with Crippen LogP contribution in [-0.2, 0) is 0 Å². The smallest absolute Gasteiger partial charge is 0.128 e. The number of hydrogen-bond acceptors (Lipinski definition) is 2. The van der Waals surface area contributed by atoms with Crippen LogP contribution in [0.5, 0.6) is 5.75 Å².